The van der Waals surface area contributed by atoms with Crippen LogP contribution in [0.15, 0.2) is 22.7 Å². The van der Waals surface area contributed by atoms with Crippen molar-refractivity contribution >= 4 is 21.9 Å². The molecule has 112 valence electrons. The summed E-state index contributed by atoms with van der Waals surface area (Å²) in [4.78, 5) is 10.8. The Bertz CT molecular complexity index is 647. The van der Waals surface area contributed by atoms with Crippen LogP contribution in [0.25, 0.3) is 11.4 Å². The maximum Gasteiger partial charge on any atom is 0.303 e. The highest BCUT2D eigenvalue weighted by molar-refractivity contribution is 9.10. The lowest BCUT2D eigenvalue weighted by atomic mass is 10.0. The van der Waals surface area contributed by atoms with Crippen LogP contribution in [0, 0.1) is 11.7 Å². The largest absolute Gasteiger partial charge is 0.481 e. The minimum atomic E-state index is -0.848. The van der Waals surface area contributed by atoms with Gasteiger partial charge in [0.1, 0.15) is 5.82 Å². The predicted octanol–water partition coefficient (Wildman–Crippen LogP) is 2.74. The molecule has 0 saturated carbocycles. The predicted molar refractivity (Wildman–Crippen MR) is 76.9 cm³/mol. The number of halogens is 2. The molecule has 0 aliphatic carbocycles. The molecule has 0 spiro atoms. The van der Waals surface area contributed by atoms with E-state index in [4.69, 9.17) is 5.11 Å². The smallest absolute Gasteiger partial charge is 0.303 e. The van der Waals surface area contributed by atoms with E-state index in [0.717, 1.165) is 0 Å². The fourth-order valence-corrected chi connectivity index (χ4v) is 2.55. The summed E-state index contributed by atoms with van der Waals surface area (Å²) in [6.45, 7) is 2.32. The number of aliphatic carboxylic acids is 1. The topological polar surface area (TPSA) is 80.9 Å². The summed E-state index contributed by atoms with van der Waals surface area (Å²) in [5.74, 6) is -0.795. The van der Waals surface area contributed by atoms with E-state index in [2.05, 4.69) is 31.5 Å². The minimum absolute atomic E-state index is 0.0559. The van der Waals surface area contributed by atoms with Gasteiger partial charge in [-0.2, -0.15) is 0 Å². The molecule has 21 heavy (non-hydrogen) atoms. The van der Waals surface area contributed by atoms with Gasteiger partial charge in [-0.1, -0.05) is 13.3 Å². The van der Waals surface area contributed by atoms with Crippen LogP contribution in [-0.4, -0.2) is 31.3 Å². The van der Waals surface area contributed by atoms with E-state index in [1.807, 2.05) is 6.92 Å². The van der Waals surface area contributed by atoms with Crippen LogP contribution in [-0.2, 0) is 11.3 Å². The number of carboxylic acid groups (broad SMARTS) is 1. The molecule has 1 aromatic heterocycles. The van der Waals surface area contributed by atoms with Crippen LogP contribution >= 0.6 is 15.9 Å². The van der Waals surface area contributed by atoms with Crippen molar-refractivity contribution in [1.82, 2.24) is 20.2 Å². The number of nitrogens with zero attached hydrogens (tertiary/aromatic N) is 4. The van der Waals surface area contributed by atoms with Crippen LogP contribution in [0.4, 0.5) is 4.39 Å². The molecule has 1 atom stereocenters. The molecule has 0 fully saturated rings. The Morgan fingerprint density at radius 3 is 2.90 bits per heavy atom. The van der Waals surface area contributed by atoms with E-state index in [-0.39, 0.29) is 18.2 Å². The molecule has 2 aromatic rings. The number of rotatable bonds is 6. The molecule has 1 unspecified atom stereocenters. The number of aromatic nitrogens is 4. The second-order valence-electron chi connectivity index (χ2n) is 4.68. The Hall–Kier alpha value is -1.83. The van der Waals surface area contributed by atoms with Gasteiger partial charge in [-0.05, 0) is 50.5 Å². The standard InChI is InChI=1S/C13H14BrFN4O2/c1-2-8(5-12(20)21)7-19-13(16-17-18-19)10-4-3-9(15)6-11(10)14/h3-4,6,8H,2,5,7H2,1H3,(H,20,21). The molecule has 2 rings (SSSR count). The van der Waals surface area contributed by atoms with Crippen molar-refractivity contribution in [3.8, 4) is 11.4 Å². The lowest BCUT2D eigenvalue weighted by Gasteiger charge is -2.13. The molecule has 1 heterocycles. The average Bonchev–Trinajstić information content (AvgIpc) is 2.85. The van der Waals surface area contributed by atoms with Gasteiger partial charge in [0, 0.05) is 23.0 Å². The maximum atomic E-state index is 13.1. The van der Waals surface area contributed by atoms with Crippen molar-refractivity contribution in [2.24, 2.45) is 5.92 Å². The Labute approximate surface area is 129 Å². The Morgan fingerprint density at radius 1 is 1.52 bits per heavy atom. The molecule has 0 aliphatic rings. The van der Waals surface area contributed by atoms with Gasteiger partial charge in [0.15, 0.2) is 5.82 Å². The summed E-state index contributed by atoms with van der Waals surface area (Å²) in [7, 11) is 0. The molecule has 1 aromatic carbocycles. The van der Waals surface area contributed by atoms with E-state index in [0.29, 0.717) is 28.8 Å². The van der Waals surface area contributed by atoms with Gasteiger partial charge < -0.3 is 5.11 Å². The molecule has 0 amide bonds. The summed E-state index contributed by atoms with van der Waals surface area (Å²) < 4.78 is 15.2. The number of carbonyl (C=O) groups is 1. The van der Waals surface area contributed by atoms with E-state index >= 15 is 0 Å². The molecule has 8 heteroatoms. The first kappa shape index (κ1) is 15.6. The van der Waals surface area contributed by atoms with Crippen LogP contribution in [0.2, 0.25) is 0 Å². The number of tetrazole rings is 1. The summed E-state index contributed by atoms with van der Waals surface area (Å²) in [5, 5.41) is 20.4. The number of carboxylic acids is 1. The quantitative estimate of drug-likeness (QED) is 0.860. The fraction of sp³-hybridized carbons (Fsp3) is 0.385. The highest BCUT2D eigenvalue weighted by atomic mass is 79.9. The van der Waals surface area contributed by atoms with Crippen LogP contribution in [0.3, 0.4) is 0 Å². The van der Waals surface area contributed by atoms with E-state index in [9.17, 15) is 9.18 Å². The van der Waals surface area contributed by atoms with Gasteiger partial charge in [-0.3, -0.25) is 4.79 Å². The third kappa shape index (κ3) is 3.84. The molecular weight excluding hydrogens is 343 g/mol. The lowest BCUT2D eigenvalue weighted by Crippen LogP contribution is -2.16. The first-order valence-corrected chi connectivity index (χ1v) is 7.24. The second kappa shape index (κ2) is 6.75. The molecule has 0 bridgehead atoms. The summed E-state index contributed by atoms with van der Waals surface area (Å²) >= 11 is 3.28. The van der Waals surface area contributed by atoms with Gasteiger partial charge >= 0.3 is 5.97 Å². The SMILES string of the molecule is CCC(CC(=O)O)Cn1nnnc1-c1ccc(F)cc1Br. The zero-order valence-corrected chi connectivity index (χ0v) is 12.9. The van der Waals surface area contributed by atoms with Crippen LogP contribution < -0.4 is 0 Å². The van der Waals surface area contributed by atoms with Crippen molar-refractivity contribution in [1.29, 1.82) is 0 Å². The van der Waals surface area contributed by atoms with E-state index < -0.39 is 5.97 Å². The monoisotopic (exact) mass is 356 g/mol. The minimum Gasteiger partial charge on any atom is -0.481 e. The van der Waals surface area contributed by atoms with Gasteiger partial charge in [-0.15, -0.1) is 5.10 Å². The summed E-state index contributed by atoms with van der Waals surface area (Å²) in [6, 6.07) is 4.25. The highest BCUT2D eigenvalue weighted by Crippen LogP contribution is 2.27. The first-order valence-electron chi connectivity index (χ1n) is 6.44. The average molecular weight is 357 g/mol. The lowest BCUT2D eigenvalue weighted by molar-refractivity contribution is -0.138. The summed E-state index contributed by atoms with van der Waals surface area (Å²) in [6.07, 6.45) is 0.760. The van der Waals surface area contributed by atoms with Crippen molar-refractivity contribution in [3.63, 3.8) is 0 Å². The number of benzene rings is 1. The third-order valence-corrected chi connectivity index (χ3v) is 3.83. The number of hydrogen-bond acceptors (Lipinski definition) is 4. The Balaban J connectivity index is 2.27. The van der Waals surface area contributed by atoms with Crippen molar-refractivity contribution in [2.75, 3.05) is 0 Å². The maximum absolute atomic E-state index is 13.1. The zero-order valence-electron chi connectivity index (χ0n) is 11.3. The normalized spacial score (nSPS) is 12.3. The van der Waals surface area contributed by atoms with Crippen molar-refractivity contribution in [3.05, 3.63) is 28.5 Å². The van der Waals surface area contributed by atoms with E-state index in [1.54, 1.807) is 10.7 Å². The molecular formula is C13H14BrFN4O2. The van der Waals surface area contributed by atoms with Crippen molar-refractivity contribution in [2.45, 2.75) is 26.3 Å². The van der Waals surface area contributed by atoms with Gasteiger partial charge in [0.05, 0.1) is 0 Å². The molecule has 0 radical (unpaired) electrons. The van der Waals surface area contributed by atoms with Gasteiger partial charge in [0.25, 0.3) is 0 Å². The van der Waals surface area contributed by atoms with E-state index in [1.165, 1.54) is 12.1 Å². The van der Waals surface area contributed by atoms with Gasteiger partial charge in [-0.25, -0.2) is 9.07 Å². The highest BCUT2D eigenvalue weighted by Gasteiger charge is 2.18. The molecule has 0 saturated heterocycles. The fourth-order valence-electron chi connectivity index (χ4n) is 2.02. The second-order valence-corrected chi connectivity index (χ2v) is 5.54. The first-order chi connectivity index (χ1) is 10.0. The van der Waals surface area contributed by atoms with Gasteiger partial charge in [0.2, 0.25) is 0 Å². The molecule has 0 aliphatic heterocycles. The molecule has 1 N–H and O–H groups in total. The molecule has 6 nitrogen and oxygen atoms in total. The Kier molecular flexibility index (Phi) is 5.00. The van der Waals surface area contributed by atoms with Crippen molar-refractivity contribution < 1.29 is 14.3 Å². The summed E-state index contributed by atoms with van der Waals surface area (Å²) in [5.41, 5.74) is 0.659. The van der Waals surface area contributed by atoms with Crippen LogP contribution in [0.1, 0.15) is 19.8 Å². The Morgan fingerprint density at radius 2 is 2.29 bits per heavy atom. The van der Waals surface area contributed by atoms with Crippen LogP contribution in [0.5, 0.6) is 0 Å². The number of hydrogen-bond donors (Lipinski definition) is 1. The third-order valence-electron chi connectivity index (χ3n) is 3.18. The zero-order chi connectivity index (χ0) is 15.4.